The Balaban J connectivity index is 1.99. The molecule has 6 nitrogen and oxygen atoms in total. The van der Waals surface area contributed by atoms with Gasteiger partial charge in [-0.25, -0.2) is 13.1 Å². The van der Waals surface area contributed by atoms with Gasteiger partial charge in [0.2, 0.25) is 10.0 Å². The summed E-state index contributed by atoms with van der Waals surface area (Å²) >= 11 is 0. The number of amides is 1. The SMILES string of the molecule is CCCCNC(=O)c1cccc(S(=O)(=O)NCCc2cccc(OC)c2)c1. The van der Waals surface area contributed by atoms with Crippen molar-refractivity contribution >= 4 is 15.9 Å². The first-order chi connectivity index (χ1) is 13.0. The molecule has 2 rings (SSSR count). The molecule has 0 aliphatic heterocycles. The van der Waals surface area contributed by atoms with Crippen molar-refractivity contribution in [2.24, 2.45) is 0 Å². The van der Waals surface area contributed by atoms with Crippen LogP contribution in [0.2, 0.25) is 0 Å². The Morgan fingerprint density at radius 3 is 2.59 bits per heavy atom. The number of carbonyl (C=O) groups excluding carboxylic acids is 1. The molecule has 0 fully saturated rings. The van der Waals surface area contributed by atoms with Gasteiger partial charge in [-0.3, -0.25) is 4.79 Å². The van der Waals surface area contributed by atoms with E-state index in [4.69, 9.17) is 4.74 Å². The summed E-state index contributed by atoms with van der Waals surface area (Å²) in [6.07, 6.45) is 2.40. The number of carbonyl (C=O) groups is 1. The average molecular weight is 391 g/mol. The first kappa shape index (κ1) is 20.9. The Kier molecular flexibility index (Phi) is 7.82. The first-order valence-corrected chi connectivity index (χ1v) is 10.5. The summed E-state index contributed by atoms with van der Waals surface area (Å²) in [6.45, 7) is 2.87. The smallest absolute Gasteiger partial charge is 0.251 e. The van der Waals surface area contributed by atoms with E-state index in [-0.39, 0.29) is 17.3 Å². The van der Waals surface area contributed by atoms with E-state index in [9.17, 15) is 13.2 Å². The minimum absolute atomic E-state index is 0.0799. The second-order valence-electron chi connectivity index (χ2n) is 6.14. The highest BCUT2D eigenvalue weighted by atomic mass is 32.2. The number of hydrogen-bond acceptors (Lipinski definition) is 4. The van der Waals surface area contributed by atoms with Crippen LogP contribution in [-0.4, -0.2) is 34.5 Å². The van der Waals surface area contributed by atoms with Gasteiger partial charge >= 0.3 is 0 Å². The highest BCUT2D eigenvalue weighted by Gasteiger charge is 2.16. The van der Waals surface area contributed by atoms with Gasteiger partial charge in [-0.1, -0.05) is 31.5 Å². The molecule has 0 saturated heterocycles. The molecule has 0 radical (unpaired) electrons. The molecule has 1 amide bonds. The van der Waals surface area contributed by atoms with Gasteiger partial charge in [0.25, 0.3) is 5.91 Å². The monoisotopic (exact) mass is 390 g/mol. The van der Waals surface area contributed by atoms with Gasteiger partial charge in [-0.2, -0.15) is 0 Å². The van der Waals surface area contributed by atoms with Crippen LogP contribution in [0.4, 0.5) is 0 Å². The predicted octanol–water partition coefficient (Wildman–Crippen LogP) is 2.75. The van der Waals surface area contributed by atoms with Crippen molar-refractivity contribution in [1.82, 2.24) is 10.0 Å². The van der Waals surface area contributed by atoms with Crippen LogP contribution < -0.4 is 14.8 Å². The van der Waals surface area contributed by atoms with Crippen molar-refractivity contribution in [3.05, 3.63) is 59.7 Å². The standard InChI is InChI=1S/C20H26N2O4S/c1-3-4-12-21-20(23)17-8-6-10-19(15-17)27(24,25)22-13-11-16-7-5-9-18(14-16)26-2/h5-10,14-15,22H,3-4,11-13H2,1-2H3,(H,21,23). The van der Waals surface area contributed by atoms with E-state index in [0.717, 1.165) is 24.2 Å². The Hall–Kier alpha value is -2.38. The van der Waals surface area contributed by atoms with Crippen LogP contribution in [-0.2, 0) is 16.4 Å². The number of nitrogens with one attached hydrogen (secondary N) is 2. The van der Waals surface area contributed by atoms with Crippen molar-refractivity contribution in [2.75, 3.05) is 20.2 Å². The van der Waals surface area contributed by atoms with Gasteiger partial charge in [0.1, 0.15) is 5.75 Å². The summed E-state index contributed by atoms with van der Waals surface area (Å²) in [5.74, 6) is 0.467. The lowest BCUT2D eigenvalue weighted by Gasteiger charge is -2.09. The van der Waals surface area contributed by atoms with Gasteiger partial charge in [0.05, 0.1) is 12.0 Å². The van der Waals surface area contributed by atoms with E-state index in [1.165, 1.54) is 12.1 Å². The van der Waals surface area contributed by atoms with Gasteiger partial charge in [-0.15, -0.1) is 0 Å². The molecular weight excluding hydrogens is 364 g/mol. The maximum Gasteiger partial charge on any atom is 0.251 e. The lowest BCUT2D eigenvalue weighted by molar-refractivity contribution is 0.0953. The van der Waals surface area contributed by atoms with Crippen LogP contribution in [0.3, 0.4) is 0 Å². The van der Waals surface area contributed by atoms with Crippen LogP contribution in [0.25, 0.3) is 0 Å². The van der Waals surface area contributed by atoms with Gasteiger partial charge in [0.15, 0.2) is 0 Å². The third kappa shape index (κ3) is 6.37. The number of unbranched alkanes of at least 4 members (excludes halogenated alkanes) is 1. The molecule has 2 N–H and O–H groups in total. The zero-order valence-corrected chi connectivity index (χ0v) is 16.5. The molecule has 0 heterocycles. The average Bonchev–Trinajstić information content (AvgIpc) is 2.68. The van der Waals surface area contributed by atoms with Crippen molar-refractivity contribution in [3.63, 3.8) is 0 Å². The Labute approximate surface area is 161 Å². The highest BCUT2D eigenvalue weighted by molar-refractivity contribution is 7.89. The van der Waals surface area contributed by atoms with Gasteiger partial charge < -0.3 is 10.1 Å². The number of methoxy groups -OCH3 is 1. The summed E-state index contributed by atoms with van der Waals surface area (Å²) in [7, 11) is -2.10. The summed E-state index contributed by atoms with van der Waals surface area (Å²) in [5.41, 5.74) is 1.31. The molecule has 7 heteroatoms. The normalized spacial score (nSPS) is 11.2. The van der Waals surface area contributed by atoms with E-state index in [1.54, 1.807) is 19.2 Å². The highest BCUT2D eigenvalue weighted by Crippen LogP contribution is 2.14. The minimum atomic E-state index is -3.69. The van der Waals surface area contributed by atoms with Crippen LogP contribution >= 0.6 is 0 Å². The van der Waals surface area contributed by atoms with Crippen molar-refractivity contribution in [1.29, 1.82) is 0 Å². The van der Waals surface area contributed by atoms with Crippen LogP contribution in [0.15, 0.2) is 53.4 Å². The molecule has 0 aromatic heterocycles. The quantitative estimate of drug-likeness (QED) is 0.611. The van der Waals surface area contributed by atoms with Gasteiger partial charge in [-0.05, 0) is 48.7 Å². The van der Waals surface area contributed by atoms with Crippen LogP contribution in [0.1, 0.15) is 35.7 Å². The molecule has 0 aliphatic carbocycles. The van der Waals surface area contributed by atoms with E-state index in [1.807, 2.05) is 31.2 Å². The van der Waals surface area contributed by atoms with E-state index >= 15 is 0 Å². The maximum atomic E-state index is 12.5. The number of hydrogen-bond donors (Lipinski definition) is 2. The summed E-state index contributed by atoms with van der Waals surface area (Å²) in [5, 5.41) is 2.79. The number of rotatable bonds is 10. The Bertz CT molecular complexity index is 866. The number of ether oxygens (including phenoxy) is 1. The molecule has 0 bridgehead atoms. The molecule has 27 heavy (non-hydrogen) atoms. The first-order valence-electron chi connectivity index (χ1n) is 8.97. The minimum Gasteiger partial charge on any atom is -0.497 e. The zero-order valence-electron chi connectivity index (χ0n) is 15.7. The van der Waals surface area contributed by atoms with Gasteiger partial charge in [0, 0.05) is 18.7 Å². The molecule has 2 aromatic carbocycles. The largest absolute Gasteiger partial charge is 0.497 e. The number of sulfonamides is 1. The molecule has 0 spiro atoms. The van der Waals surface area contributed by atoms with E-state index in [0.29, 0.717) is 18.5 Å². The van der Waals surface area contributed by atoms with Crippen LogP contribution in [0, 0.1) is 0 Å². The lowest BCUT2D eigenvalue weighted by atomic mass is 10.1. The fourth-order valence-electron chi connectivity index (χ4n) is 2.53. The molecular formula is C20H26N2O4S. The zero-order chi connectivity index (χ0) is 19.7. The third-order valence-corrected chi connectivity index (χ3v) is 5.52. The summed E-state index contributed by atoms with van der Waals surface area (Å²) in [4.78, 5) is 12.2. The molecule has 146 valence electrons. The summed E-state index contributed by atoms with van der Waals surface area (Å²) in [6, 6.07) is 13.6. The Morgan fingerprint density at radius 2 is 1.85 bits per heavy atom. The Morgan fingerprint density at radius 1 is 1.07 bits per heavy atom. The third-order valence-electron chi connectivity index (χ3n) is 4.06. The molecule has 0 saturated carbocycles. The second kappa shape index (κ2) is 10.1. The fourth-order valence-corrected chi connectivity index (χ4v) is 3.60. The van der Waals surface area contributed by atoms with Crippen molar-refractivity contribution in [2.45, 2.75) is 31.1 Å². The van der Waals surface area contributed by atoms with E-state index < -0.39 is 10.0 Å². The second-order valence-corrected chi connectivity index (χ2v) is 7.90. The summed E-state index contributed by atoms with van der Waals surface area (Å²) < 4.78 is 32.8. The van der Waals surface area contributed by atoms with Crippen molar-refractivity contribution in [3.8, 4) is 5.75 Å². The lowest BCUT2D eigenvalue weighted by Crippen LogP contribution is -2.27. The fraction of sp³-hybridized carbons (Fsp3) is 0.350. The predicted molar refractivity (Wildman–Crippen MR) is 106 cm³/mol. The maximum absolute atomic E-state index is 12.5. The number of benzene rings is 2. The molecule has 0 aliphatic rings. The molecule has 0 atom stereocenters. The molecule has 0 unspecified atom stereocenters. The van der Waals surface area contributed by atoms with Crippen molar-refractivity contribution < 1.29 is 17.9 Å². The van der Waals surface area contributed by atoms with Crippen LogP contribution in [0.5, 0.6) is 5.75 Å². The van der Waals surface area contributed by atoms with E-state index in [2.05, 4.69) is 10.0 Å². The topological polar surface area (TPSA) is 84.5 Å². The molecule has 2 aromatic rings.